The minimum absolute atomic E-state index is 0.603. The van der Waals surface area contributed by atoms with Crippen molar-refractivity contribution in [3.63, 3.8) is 0 Å². The van der Waals surface area contributed by atoms with Crippen molar-refractivity contribution in [2.75, 3.05) is 0 Å². The summed E-state index contributed by atoms with van der Waals surface area (Å²) < 4.78 is 219. The molecule has 0 spiro atoms. The van der Waals surface area contributed by atoms with Gasteiger partial charge in [0.25, 0.3) is 0 Å². The Labute approximate surface area is 174 Å². The van der Waals surface area contributed by atoms with Gasteiger partial charge in [0.15, 0.2) is 0 Å². The van der Waals surface area contributed by atoms with Gasteiger partial charge >= 0.3 is 47.6 Å². The summed E-state index contributed by atoms with van der Waals surface area (Å²) in [5.74, 6) is -56.3. The molecule has 0 radical (unpaired) electrons. The maximum atomic E-state index is 13.5. The van der Waals surface area contributed by atoms with E-state index >= 15 is 0 Å². The topological polar surface area (TPSA) is 20.2 Å². The third kappa shape index (κ3) is 4.36. The molecule has 31 heavy (non-hydrogen) atoms. The van der Waals surface area contributed by atoms with Crippen molar-refractivity contribution in [2.45, 2.75) is 71.0 Å². The summed E-state index contributed by atoms with van der Waals surface area (Å²) in [5, 5.41) is 8.88. The van der Waals surface area contributed by atoms with Crippen molar-refractivity contribution in [3.05, 3.63) is 0 Å². The molecule has 1 N–H and O–H groups in total. The van der Waals surface area contributed by atoms with Crippen LogP contribution < -0.4 is 0 Å². The summed E-state index contributed by atoms with van der Waals surface area (Å²) in [6.45, 7) is 0.603. The minimum atomic E-state index is -8.63. The van der Waals surface area contributed by atoms with Crippen LogP contribution in [0.4, 0.5) is 74.6 Å². The van der Waals surface area contributed by atoms with E-state index in [2.05, 4.69) is 0 Å². The fourth-order valence-electron chi connectivity index (χ4n) is 1.74. The van der Waals surface area contributed by atoms with E-state index in [9.17, 15) is 74.6 Å². The molecule has 0 bridgehead atoms. The van der Waals surface area contributed by atoms with E-state index in [0.29, 0.717) is 29.5 Å². The van der Waals surface area contributed by atoms with Gasteiger partial charge in [0.2, 0.25) is 0 Å². The van der Waals surface area contributed by atoms with Gasteiger partial charge in [-0.05, 0) is 6.92 Å². The molecule has 0 aromatic carbocycles. The van der Waals surface area contributed by atoms with Gasteiger partial charge < -0.3 is 5.11 Å². The van der Waals surface area contributed by atoms with E-state index in [4.69, 9.17) is 5.11 Å². The molecule has 19 heteroatoms. The summed E-state index contributed by atoms with van der Waals surface area (Å²) in [6, 6.07) is 0. The van der Waals surface area contributed by atoms with Gasteiger partial charge in [0.05, 0.1) is 6.10 Å². The molecule has 0 rings (SSSR count). The summed E-state index contributed by atoms with van der Waals surface area (Å²) in [6.07, 6.45) is -12.4. The molecule has 0 aliphatic heterocycles. The largest absolute Gasteiger partial charge is 0.460 e. The van der Waals surface area contributed by atoms with E-state index in [1.807, 2.05) is 0 Å². The summed E-state index contributed by atoms with van der Waals surface area (Å²) in [7, 11) is 0. The second-order valence-electron chi connectivity index (χ2n) is 6.11. The summed E-state index contributed by atoms with van der Waals surface area (Å²) >= 11 is 0.706. The van der Waals surface area contributed by atoms with Crippen molar-refractivity contribution < 1.29 is 79.7 Å². The van der Waals surface area contributed by atoms with Gasteiger partial charge in [0.1, 0.15) is 0 Å². The molecular weight excluding hydrogens is 610 g/mol. The van der Waals surface area contributed by atoms with E-state index in [1.165, 1.54) is 0 Å². The lowest BCUT2D eigenvalue weighted by molar-refractivity contribution is -0.461. The number of rotatable bonds is 9. The first-order valence-electron chi connectivity index (χ1n) is 7.11. The Morgan fingerprint density at radius 3 is 1.06 bits per heavy atom. The van der Waals surface area contributed by atoms with Crippen LogP contribution in [0.15, 0.2) is 0 Å². The predicted octanol–water partition coefficient (Wildman–Crippen LogP) is 6.57. The minimum Gasteiger partial charge on any atom is -0.392 e. The van der Waals surface area contributed by atoms with Crippen molar-refractivity contribution in [2.24, 2.45) is 0 Å². The second-order valence-corrected chi connectivity index (χ2v) is 7.71. The standard InChI is InChI=1S/C12H8F17IO/c1-3(31)4(30)2-5(13,14)6(15,16)7(17,18)8(19,20)9(21,22)10(23,24)11(25,26)12(27,28)29/h3-4,31H,2H2,1H3. The Morgan fingerprint density at radius 1 is 0.548 bits per heavy atom. The third-order valence-corrected chi connectivity index (χ3v) is 5.24. The fraction of sp³-hybridized carbons (Fsp3) is 1.00. The fourth-order valence-corrected chi connectivity index (χ4v) is 2.29. The van der Waals surface area contributed by atoms with Gasteiger partial charge in [-0.2, -0.15) is 74.6 Å². The van der Waals surface area contributed by atoms with Crippen molar-refractivity contribution >= 4 is 22.6 Å². The van der Waals surface area contributed by atoms with Crippen molar-refractivity contribution in [3.8, 4) is 0 Å². The van der Waals surface area contributed by atoms with Crippen molar-refractivity contribution in [1.29, 1.82) is 0 Å². The molecule has 0 saturated carbocycles. The summed E-state index contributed by atoms with van der Waals surface area (Å²) in [5.41, 5.74) is 0. The van der Waals surface area contributed by atoms with Gasteiger partial charge in [-0.25, -0.2) is 0 Å². The molecule has 0 saturated heterocycles. The van der Waals surface area contributed by atoms with Gasteiger partial charge in [-0.3, -0.25) is 0 Å². The van der Waals surface area contributed by atoms with E-state index in [1.54, 1.807) is 0 Å². The molecule has 0 aliphatic rings. The lowest BCUT2D eigenvalue weighted by Gasteiger charge is -2.43. The quantitative estimate of drug-likeness (QED) is 0.176. The molecule has 0 amide bonds. The van der Waals surface area contributed by atoms with Crippen LogP contribution in [0.25, 0.3) is 0 Å². The molecular formula is C12H8F17IO. The van der Waals surface area contributed by atoms with Crippen LogP contribution in [0.5, 0.6) is 0 Å². The zero-order valence-electron chi connectivity index (χ0n) is 14.1. The lowest BCUT2D eigenvalue weighted by atomic mass is 9.88. The predicted molar refractivity (Wildman–Crippen MR) is 74.8 cm³/mol. The first-order chi connectivity index (χ1) is 13.1. The normalized spacial score (nSPS) is 18.2. The van der Waals surface area contributed by atoms with Crippen LogP contribution in [-0.4, -0.2) is 62.8 Å². The van der Waals surface area contributed by atoms with Crippen LogP contribution in [0.2, 0.25) is 0 Å². The Hall–Kier alpha value is -0.500. The molecule has 0 aromatic heterocycles. The summed E-state index contributed by atoms with van der Waals surface area (Å²) in [4.78, 5) is 0. The zero-order valence-corrected chi connectivity index (χ0v) is 16.3. The van der Waals surface area contributed by atoms with E-state index in [0.717, 1.165) is 0 Å². The van der Waals surface area contributed by atoms with Gasteiger partial charge in [-0.1, -0.05) is 22.6 Å². The molecule has 0 fully saturated rings. The van der Waals surface area contributed by atoms with Crippen LogP contribution in [0.3, 0.4) is 0 Å². The Bertz CT molecular complexity index is 638. The SMILES string of the molecule is CC(O)C(I)CC(F)(F)C(F)(F)C(F)(F)C(F)(F)C(F)(F)C(F)(F)C(F)(F)C(F)(F)F. The Balaban J connectivity index is 6.63. The van der Waals surface area contributed by atoms with Gasteiger partial charge in [0, 0.05) is 10.3 Å². The number of aliphatic hydroxyl groups is 1. The maximum absolute atomic E-state index is 13.5. The van der Waals surface area contributed by atoms with Crippen LogP contribution in [-0.2, 0) is 0 Å². The van der Waals surface area contributed by atoms with Gasteiger partial charge in [-0.15, -0.1) is 0 Å². The van der Waals surface area contributed by atoms with E-state index in [-0.39, 0.29) is 0 Å². The molecule has 0 heterocycles. The Morgan fingerprint density at radius 2 is 0.806 bits per heavy atom. The monoisotopic (exact) mass is 618 g/mol. The molecule has 1 nitrogen and oxygen atoms in total. The second kappa shape index (κ2) is 8.07. The number of aliphatic hydroxyl groups excluding tert-OH is 1. The smallest absolute Gasteiger partial charge is 0.392 e. The third-order valence-electron chi connectivity index (χ3n) is 3.76. The lowest BCUT2D eigenvalue weighted by Crippen LogP contribution is -2.74. The molecule has 0 aromatic rings. The molecule has 0 aliphatic carbocycles. The highest BCUT2D eigenvalue weighted by Gasteiger charge is 2.95. The Kier molecular flexibility index (Phi) is 7.94. The van der Waals surface area contributed by atoms with Crippen LogP contribution in [0, 0.1) is 0 Å². The first-order valence-corrected chi connectivity index (χ1v) is 8.36. The highest BCUT2D eigenvalue weighted by Crippen LogP contribution is 2.64. The molecule has 188 valence electrons. The average molecular weight is 618 g/mol. The maximum Gasteiger partial charge on any atom is 0.460 e. The van der Waals surface area contributed by atoms with Crippen molar-refractivity contribution in [1.82, 2.24) is 0 Å². The van der Waals surface area contributed by atoms with E-state index < -0.39 is 64.1 Å². The molecule has 2 unspecified atom stereocenters. The zero-order chi connectivity index (χ0) is 25.9. The first kappa shape index (κ1) is 30.5. The highest BCUT2D eigenvalue weighted by atomic mass is 127. The van der Waals surface area contributed by atoms with Crippen LogP contribution in [0.1, 0.15) is 13.3 Å². The highest BCUT2D eigenvalue weighted by molar-refractivity contribution is 14.1. The number of halogens is 18. The van der Waals surface area contributed by atoms with Crippen LogP contribution >= 0.6 is 22.6 Å². The molecule has 2 atom stereocenters. The number of hydrogen-bond acceptors (Lipinski definition) is 1. The number of hydrogen-bond donors (Lipinski definition) is 1. The average Bonchev–Trinajstić information content (AvgIpc) is 2.51. The number of alkyl halides is 18.